The number of thioether (sulfide) groups is 1. The number of fused-ring (bicyclic) bond motifs is 2. The molecule has 0 radical (unpaired) electrons. The molecule has 5 rings (SSSR count). The SMILES string of the molecule is O=S(=O)(NCCCCN1C(=Cc2cc(-c3ccccc3)[n+](CCCCNS(=O)(=O)C(F)F)c3ccccc23)Sc2ccccc21)C(F)F. The molecule has 1 aromatic heterocycles. The Bertz CT molecular complexity index is 1980. The van der Waals surface area contributed by atoms with E-state index >= 15 is 0 Å². The third kappa shape index (κ3) is 8.55. The Morgan fingerprint density at radius 3 is 2.04 bits per heavy atom. The van der Waals surface area contributed by atoms with Crippen molar-refractivity contribution in [1.82, 2.24) is 9.44 Å². The monoisotopic (exact) mass is 723 g/mol. The molecule has 4 aromatic rings. The summed E-state index contributed by atoms with van der Waals surface area (Å²) in [7, 11) is -9.28. The van der Waals surface area contributed by atoms with Gasteiger partial charge in [-0.25, -0.2) is 26.3 Å². The second-order valence-corrected chi connectivity index (χ2v) is 15.6. The number of pyridine rings is 1. The summed E-state index contributed by atoms with van der Waals surface area (Å²) in [6.07, 6.45) is 3.94. The zero-order chi connectivity index (χ0) is 34.3. The average Bonchev–Trinajstić information content (AvgIpc) is 3.41. The van der Waals surface area contributed by atoms with Gasteiger partial charge in [0.2, 0.25) is 11.2 Å². The molecule has 8 nitrogen and oxygen atoms in total. The van der Waals surface area contributed by atoms with Crippen molar-refractivity contribution in [2.24, 2.45) is 0 Å². The van der Waals surface area contributed by atoms with E-state index in [9.17, 15) is 34.4 Å². The van der Waals surface area contributed by atoms with Gasteiger partial charge in [-0.1, -0.05) is 54.2 Å². The first-order chi connectivity index (χ1) is 23.0. The highest BCUT2D eigenvalue weighted by atomic mass is 32.2. The molecule has 3 aromatic carbocycles. The van der Waals surface area contributed by atoms with Gasteiger partial charge in [0.05, 0.1) is 16.1 Å². The van der Waals surface area contributed by atoms with Crippen LogP contribution in [0.5, 0.6) is 0 Å². The van der Waals surface area contributed by atoms with E-state index in [-0.39, 0.29) is 13.1 Å². The number of nitrogens with one attached hydrogen (secondary N) is 2. The van der Waals surface area contributed by atoms with Gasteiger partial charge in [-0.05, 0) is 61.2 Å². The minimum Gasteiger partial charge on any atom is -0.335 e. The van der Waals surface area contributed by atoms with E-state index in [1.54, 1.807) is 11.8 Å². The summed E-state index contributed by atoms with van der Waals surface area (Å²) < 4.78 is 103. The number of sulfonamides is 2. The number of para-hydroxylation sites is 2. The number of anilines is 1. The summed E-state index contributed by atoms with van der Waals surface area (Å²) in [5, 5.41) is 1.93. The average molecular weight is 724 g/mol. The summed E-state index contributed by atoms with van der Waals surface area (Å²) in [6.45, 7) is 0.870. The second-order valence-electron chi connectivity index (χ2n) is 11.0. The van der Waals surface area contributed by atoms with E-state index < -0.39 is 31.6 Å². The van der Waals surface area contributed by atoms with Crippen molar-refractivity contribution in [3.63, 3.8) is 0 Å². The molecule has 0 unspecified atom stereocenters. The number of nitrogens with zero attached hydrogens (tertiary/aromatic N) is 2. The number of aromatic nitrogens is 1. The second kappa shape index (κ2) is 15.8. The first-order valence-corrected chi connectivity index (χ1v) is 19.2. The summed E-state index contributed by atoms with van der Waals surface area (Å²) in [5.41, 5.74) is 4.79. The van der Waals surface area contributed by atoms with Crippen molar-refractivity contribution >= 4 is 54.5 Å². The van der Waals surface area contributed by atoms with E-state index in [4.69, 9.17) is 0 Å². The fourth-order valence-corrected chi connectivity index (χ4v) is 7.71. The van der Waals surface area contributed by atoms with Crippen LogP contribution in [-0.2, 0) is 26.6 Å². The van der Waals surface area contributed by atoms with Crippen LogP contribution in [0.15, 0.2) is 94.9 Å². The lowest BCUT2D eigenvalue weighted by Crippen LogP contribution is -2.38. The van der Waals surface area contributed by atoms with Gasteiger partial charge in [-0.15, -0.1) is 0 Å². The Morgan fingerprint density at radius 2 is 1.35 bits per heavy atom. The lowest BCUT2D eigenvalue weighted by molar-refractivity contribution is -0.661. The van der Waals surface area contributed by atoms with Gasteiger partial charge in [0.15, 0.2) is 0 Å². The number of alkyl halides is 4. The molecule has 1 aliphatic heterocycles. The molecular formula is C33H35F4N4O4S3+. The first-order valence-electron chi connectivity index (χ1n) is 15.3. The molecule has 0 saturated carbocycles. The number of hydrogen-bond donors (Lipinski definition) is 2. The predicted molar refractivity (Wildman–Crippen MR) is 182 cm³/mol. The molecule has 0 bridgehead atoms. The minimum absolute atomic E-state index is 0.0871. The lowest BCUT2D eigenvalue weighted by atomic mass is 10.0. The summed E-state index contributed by atoms with van der Waals surface area (Å²) >= 11 is 1.61. The van der Waals surface area contributed by atoms with Crippen LogP contribution < -0.4 is 18.9 Å². The third-order valence-corrected chi connectivity index (χ3v) is 11.0. The Kier molecular flexibility index (Phi) is 11.8. The molecule has 0 fully saturated rings. The lowest BCUT2D eigenvalue weighted by Gasteiger charge is -2.21. The summed E-state index contributed by atoms with van der Waals surface area (Å²) in [5.74, 6) is -6.94. The zero-order valence-electron chi connectivity index (χ0n) is 25.7. The number of aryl methyl sites for hydroxylation is 1. The Hall–Kier alpha value is -3.50. The van der Waals surface area contributed by atoms with Gasteiger partial charge in [0.1, 0.15) is 6.54 Å². The van der Waals surface area contributed by atoms with Gasteiger partial charge in [0.25, 0.3) is 20.0 Å². The highest BCUT2D eigenvalue weighted by Crippen LogP contribution is 2.47. The Morgan fingerprint density at radius 1 is 0.750 bits per heavy atom. The number of benzene rings is 3. The van der Waals surface area contributed by atoms with Crippen LogP contribution in [0.1, 0.15) is 31.2 Å². The van der Waals surface area contributed by atoms with E-state index in [0.29, 0.717) is 38.8 Å². The normalized spacial score (nSPS) is 14.5. The van der Waals surface area contributed by atoms with Crippen LogP contribution in [0.4, 0.5) is 23.2 Å². The molecule has 0 aliphatic carbocycles. The van der Waals surface area contributed by atoms with E-state index in [1.807, 2.05) is 88.3 Å². The van der Waals surface area contributed by atoms with Crippen LogP contribution in [-0.4, -0.2) is 48.0 Å². The molecule has 0 amide bonds. The van der Waals surface area contributed by atoms with Crippen molar-refractivity contribution in [2.75, 3.05) is 24.5 Å². The summed E-state index contributed by atoms with van der Waals surface area (Å²) in [6, 6.07) is 27.8. The van der Waals surface area contributed by atoms with Gasteiger partial charge >= 0.3 is 11.5 Å². The van der Waals surface area contributed by atoms with Gasteiger partial charge < -0.3 is 4.90 Å². The van der Waals surface area contributed by atoms with Crippen molar-refractivity contribution < 1.29 is 39.0 Å². The van der Waals surface area contributed by atoms with Crippen LogP contribution in [0.25, 0.3) is 28.2 Å². The van der Waals surface area contributed by atoms with Crippen LogP contribution in [0.3, 0.4) is 0 Å². The number of rotatable bonds is 16. The van der Waals surface area contributed by atoms with E-state index in [1.165, 1.54) is 0 Å². The maximum atomic E-state index is 12.7. The smallest absolute Gasteiger partial charge is 0.335 e. The Labute approximate surface area is 282 Å². The largest absolute Gasteiger partial charge is 0.350 e. The highest BCUT2D eigenvalue weighted by Gasteiger charge is 2.27. The molecule has 1 aliphatic rings. The molecule has 15 heteroatoms. The standard InChI is InChI=1S/C33H35F4N4O4S3/c34-32(35)47(42,43)38-18-8-10-20-40-27-15-5-4-14-26(27)25(22-29(40)24-12-2-1-3-13-24)23-31-41(28-16-6-7-17-30(28)46-31)21-11-9-19-39-48(44,45)33(36)37/h1-7,12-17,22-23,32-33,38-39H,8-11,18-21H2/q+1. The molecule has 2 N–H and O–H groups in total. The molecule has 2 heterocycles. The van der Waals surface area contributed by atoms with Crippen LogP contribution in [0, 0.1) is 0 Å². The van der Waals surface area contributed by atoms with E-state index in [0.717, 1.165) is 43.3 Å². The van der Waals surface area contributed by atoms with E-state index in [2.05, 4.69) is 21.6 Å². The zero-order valence-corrected chi connectivity index (χ0v) is 28.2. The fraction of sp³-hybridized carbons (Fsp3) is 0.303. The maximum absolute atomic E-state index is 12.7. The third-order valence-electron chi connectivity index (χ3n) is 7.77. The van der Waals surface area contributed by atoms with Crippen molar-refractivity contribution in [1.29, 1.82) is 0 Å². The van der Waals surface area contributed by atoms with Crippen LogP contribution >= 0.6 is 11.8 Å². The minimum atomic E-state index is -4.65. The molecular weight excluding hydrogens is 689 g/mol. The highest BCUT2D eigenvalue weighted by molar-refractivity contribution is 8.03. The number of halogens is 4. The summed E-state index contributed by atoms with van der Waals surface area (Å²) in [4.78, 5) is 3.21. The molecule has 256 valence electrons. The maximum Gasteiger partial charge on any atom is 0.350 e. The molecule has 0 spiro atoms. The van der Waals surface area contributed by atoms with Gasteiger partial charge in [0, 0.05) is 48.6 Å². The molecule has 0 atom stereocenters. The molecule has 0 saturated heterocycles. The van der Waals surface area contributed by atoms with Crippen molar-refractivity contribution in [3.8, 4) is 11.3 Å². The predicted octanol–water partition coefficient (Wildman–Crippen LogP) is 6.55. The van der Waals surface area contributed by atoms with Crippen molar-refractivity contribution in [3.05, 3.63) is 95.5 Å². The fourth-order valence-electron chi connectivity index (χ4n) is 5.46. The quantitative estimate of drug-likeness (QED) is 0.0774. The first kappa shape index (κ1) is 35.8. The van der Waals surface area contributed by atoms with Gasteiger partial charge in [-0.3, -0.25) is 0 Å². The van der Waals surface area contributed by atoms with Crippen LogP contribution in [0.2, 0.25) is 0 Å². The number of unbranched alkanes of at least 4 members (excludes halogenated alkanes) is 2. The van der Waals surface area contributed by atoms with Gasteiger partial charge in [-0.2, -0.15) is 22.1 Å². The topological polar surface area (TPSA) is 99.5 Å². The number of hydrogen-bond acceptors (Lipinski definition) is 6. The Balaban J connectivity index is 1.45. The van der Waals surface area contributed by atoms with Crippen molar-refractivity contribution in [2.45, 2.75) is 48.6 Å². The molecule has 48 heavy (non-hydrogen) atoms.